The van der Waals surface area contributed by atoms with E-state index in [9.17, 15) is 13.2 Å². The molecule has 2 N–H and O–H groups in total. The van der Waals surface area contributed by atoms with E-state index >= 15 is 0 Å². The zero-order valence-electron chi connectivity index (χ0n) is 11.7. The molecule has 2 rings (SSSR count). The lowest BCUT2D eigenvalue weighted by molar-refractivity contribution is -0.136. The van der Waals surface area contributed by atoms with E-state index in [1.165, 1.54) is 18.9 Å². The molecule has 118 valence electrons. The van der Waals surface area contributed by atoms with Gasteiger partial charge in [0.05, 0.1) is 6.42 Å². The highest BCUT2D eigenvalue weighted by Gasteiger charge is 2.17. The van der Waals surface area contributed by atoms with Gasteiger partial charge in [0.25, 0.3) is 0 Å². The lowest BCUT2D eigenvalue weighted by Gasteiger charge is -2.14. The van der Waals surface area contributed by atoms with Gasteiger partial charge in [0.1, 0.15) is 4.21 Å². The number of carboxylic acid groups (broad SMARTS) is 1. The molecule has 1 aromatic rings. The van der Waals surface area contributed by atoms with Gasteiger partial charge in [-0.3, -0.25) is 4.79 Å². The Balaban J connectivity index is 1.80. The average Bonchev–Trinajstić information content (AvgIpc) is 3.05. The fourth-order valence-electron chi connectivity index (χ4n) is 2.33. The molecule has 1 fully saturated rings. The first-order valence-corrected chi connectivity index (χ1v) is 9.30. The SMILES string of the molecule is O=C(O)Cc1ccc(S(=O)(=O)NCCCN2CCCC2)s1. The Morgan fingerprint density at radius 3 is 2.71 bits per heavy atom. The summed E-state index contributed by atoms with van der Waals surface area (Å²) in [5.74, 6) is -0.959. The van der Waals surface area contributed by atoms with E-state index in [1.807, 2.05) is 0 Å². The van der Waals surface area contributed by atoms with Gasteiger partial charge in [0.2, 0.25) is 10.0 Å². The van der Waals surface area contributed by atoms with Crippen LogP contribution in [0.15, 0.2) is 16.3 Å². The summed E-state index contributed by atoms with van der Waals surface area (Å²) in [5, 5.41) is 8.69. The van der Waals surface area contributed by atoms with Gasteiger partial charge in [-0.25, -0.2) is 13.1 Å². The van der Waals surface area contributed by atoms with Crippen molar-refractivity contribution in [3.63, 3.8) is 0 Å². The molecule has 0 atom stereocenters. The van der Waals surface area contributed by atoms with Crippen LogP contribution < -0.4 is 4.72 Å². The molecule has 2 heterocycles. The largest absolute Gasteiger partial charge is 0.481 e. The van der Waals surface area contributed by atoms with Gasteiger partial charge in [-0.2, -0.15) is 0 Å². The number of nitrogens with zero attached hydrogens (tertiary/aromatic N) is 1. The maximum absolute atomic E-state index is 12.1. The molecule has 1 saturated heterocycles. The van der Waals surface area contributed by atoms with Crippen LogP contribution in [0.3, 0.4) is 0 Å². The Hall–Kier alpha value is -0.960. The zero-order chi connectivity index (χ0) is 15.3. The second kappa shape index (κ2) is 7.35. The predicted octanol–water partition coefficient (Wildman–Crippen LogP) is 1.14. The van der Waals surface area contributed by atoms with E-state index in [0.29, 0.717) is 11.4 Å². The van der Waals surface area contributed by atoms with Crippen LogP contribution in [0.4, 0.5) is 0 Å². The normalized spacial score (nSPS) is 16.4. The summed E-state index contributed by atoms with van der Waals surface area (Å²) in [7, 11) is -3.51. The van der Waals surface area contributed by atoms with E-state index < -0.39 is 16.0 Å². The molecule has 1 aliphatic rings. The van der Waals surface area contributed by atoms with Crippen LogP contribution >= 0.6 is 11.3 Å². The van der Waals surface area contributed by atoms with Gasteiger partial charge in [0, 0.05) is 11.4 Å². The van der Waals surface area contributed by atoms with E-state index in [4.69, 9.17) is 5.11 Å². The molecule has 6 nitrogen and oxygen atoms in total. The van der Waals surface area contributed by atoms with E-state index in [2.05, 4.69) is 9.62 Å². The van der Waals surface area contributed by atoms with Crippen LogP contribution in [0.25, 0.3) is 0 Å². The number of thiophene rings is 1. The summed E-state index contributed by atoms with van der Waals surface area (Å²) < 4.78 is 26.9. The van der Waals surface area contributed by atoms with Crippen LogP contribution in [0, 0.1) is 0 Å². The average molecular weight is 332 g/mol. The Labute approximate surface area is 128 Å². The van der Waals surface area contributed by atoms with Crippen LogP contribution in [0.2, 0.25) is 0 Å². The Morgan fingerprint density at radius 2 is 2.05 bits per heavy atom. The first-order chi connectivity index (χ1) is 9.97. The summed E-state index contributed by atoms with van der Waals surface area (Å²) in [6, 6.07) is 3.02. The quantitative estimate of drug-likeness (QED) is 0.697. The van der Waals surface area contributed by atoms with Gasteiger partial charge >= 0.3 is 5.97 Å². The van der Waals surface area contributed by atoms with Crippen molar-refractivity contribution in [3.8, 4) is 0 Å². The third-order valence-corrected chi connectivity index (χ3v) is 6.41. The van der Waals surface area contributed by atoms with Crippen molar-refractivity contribution in [2.75, 3.05) is 26.2 Å². The minimum atomic E-state index is -3.51. The maximum Gasteiger partial charge on any atom is 0.308 e. The first-order valence-electron chi connectivity index (χ1n) is 7.00. The smallest absolute Gasteiger partial charge is 0.308 e. The van der Waals surface area contributed by atoms with Crippen molar-refractivity contribution in [2.45, 2.75) is 29.9 Å². The number of hydrogen-bond acceptors (Lipinski definition) is 5. The minimum absolute atomic E-state index is 0.144. The van der Waals surface area contributed by atoms with Crippen LogP contribution in [0.5, 0.6) is 0 Å². The molecule has 0 saturated carbocycles. The van der Waals surface area contributed by atoms with Crippen molar-refractivity contribution >= 4 is 27.3 Å². The monoisotopic (exact) mass is 332 g/mol. The Morgan fingerprint density at radius 1 is 1.33 bits per heavy atom. The second-order valence-corrected chi connectivity index (χ2v) is 8.25. The predicted molar refractivity (Wildman–Crippen MR) is 81.1 cm³/mol. The molecule has 8 heteroatoms. The highest BCUT2D eigenvalue weighted by molar-refractivity contribution is 7.91. The molecular formula is C13H20N2O4S2. The molecule has 0 unspecified atom stereocenters. The number of carbonyl (C=O) groups is 1. The molecule has 0 aliphatic carbocycles. The van der Waals surface area contributed by atoms with Crippen LogP contribution in [-0.2, 0) is 21.2 Å². The molecule has 0 spiro atoms. The van der Waals surface area contributed by atoms with Crippen molar-refractivity contribution in [2.24, 2.45) is 0 Å². The molecule has 0 bridgehead atoms. The summed E-state index contributed by atoms with van der Waals surface area (Å²) in [6.45, 7) is 3.54. The Bertz CT molecular complexity index is 577. The van der Waals surface area contributed by atoms with Crippen molar-refractivity contribution in [3.05, 3.63) is 17.0 Å². The fourth-order valence-corrected chi connectivity index (χ4v) is 4.80. The van der Waals surface area contributed by atoms with Crippen molar-refractivity contribution in [1.29, 1.82) is 0 Å². The summed E-state index contributed by atoms with van der Waals surface area (Å²) >= 11 is 1.01. The van der Waals surface area contributed by atoms with Gasteiger partial charge in [-0.05, 0) is 51.0 Å². The van der Waals surface area contributed by atoms with Gasteiger partial charge in [0.15, 0.2) is 0 Å². The number of hydrogen-bond donors (Lipinski definition) is 2. The number of aliphatic carboxylic acids is 1. The van der Waals surface area contributed by atoms with Gasteiger partial charge < -0.3 is 10.0 Å². The zero-order valence-corrected chi connectivity index (χ0v) is 13.4. The van der Waals surface area contributed by atoms with Gasteiger partial charge in [-0.15, -0.1) is 11.3 Å². The van der Waals surface area contributed by atoms with E-state index in [0.717, 1.165) is 37.4 Å². The van der Waals surface area contributed by atoms with E-state index in [1.54, 1.807) is 6.07 Å². The highest BCUT2D eigenvalue weighted by atomic mass is 32.2. The summed E-state index contributed by atoms with van der Waals surface area (Å²) in [4.78, 5) is 13.5. The molecule has 0 aromatic carbocycles. The fraction of sp³-hybridized carbons (Fsp3) is 0.615. The second-order valence-electron chi connectivity index (χ2n) is 5.09. The Kier molecular flexibility index (Phi) is 5.74. The topological polar surface area (TPSA) is 86.7 Å². The number of sulfonamides is 1. The minimum Gasteiger partial charge on any atom is -0.481 e. The molecular weight excluding hydrogens is 312 g/mol. The standard InChI is InChI=1S/C13H20N2O4S2/c16-12(17)10-11-4-5-13(20-11)21(18,19)14-6-3-9-15-7-1-2-8-15/h4-5,14H,1-3,6-10H2,(H,16,17). The van der Waals surface area contributed by atoms with Crippen LogP contribution in [0.1, 0.15) is 24.1 Å². The van der Waals surface area contributed by atoms with Crippen molar-refractivity contribution < 1.29 is 18.3 Å². The van der Waals surface area contributed by atoms with E-state index in [-0.39, 0.29) is 10.6 Å². The number of likely N-dealkylation sites (tertiary alicyclic amines) is 1. The molecule has 21 heavy (non-hydrogen) atoms. The lowest BCUT2D eigenvalue weighted by Crippen LogP contribution is -2.28. The van der Waals surface area contributed by atoms with Crippen molar-refractivity contribution in [1.82, 2.24) is 9.62 Å². The van der Waals surface area contributed by atoms with Crippen LogP contribution in [-0.4, -0.2) is 50.6 Å². The first kappa shape index (κ1) is 16.4. The summed E-state index contributed by atoms with van der Waals surface area (Å²) in [6.07, 6.45) is 3.10. The third-order valence-electron chi connectivity index (χ3n) is 3.37. The summed E-state index contributed by atoms with van der Waals surface area (Å²) in [5.41, 5.74) is 0. The molecule has 0 amide bonds. The molecule has 1 aliphatic heterocycles. The highest BCUT2D eigenvalue weighted by Crippen LogP contribution is 2.21. The maximum atomic E-state index is 12.1. The molecule has 0 radical (unpaired) electrons. The molecule has 1 aromatic heterocycles. The number of rotatable bonds is 8. The van der Waals surface area contributed by atoms with Gasteiger partial charge in [-0.1, -0.05) is 0 Å². The number of nitrogens with one attached hydrogen (secondary N) is 1. The number of carboxylic acids is 1. The lowest BCUT2D eigenvalue weighted by atomic mass is 10.3. The third kappa shape index (κ3) is 5.06.